The molecule has 0 atom stereocenters. The van der Waals surface area contributed by atoms with Crippen molar-refractivity contribution < 1.29 is 0 Å². The van der Waals surface area contributed by atoms with Crippen LogP contribution in [0.3, 0.4) is 0 Å². The maximum Gasteiger partial charge on any atom is 0.0205 e. The first-order valence-corrected chi connectivity index (χ1v) is 5.84. The van der Waals surface area contributed by atoms with E-state index in [0.29, 0.717) is 0 Å². The zero-order chi connectivity index (χ0) is 11.3. The van der Waals surface area contributed by atoms with E-state index in [0.717, 1.165) is 13.1 Å². The first-order valence-electron chi connectivity index (χ1n) is 5.84. The van der Waals surface area contributed by atoms with Gasteiger partial charge in [0.15, 0.2) is 0 Å². The third-order valence-corrected chi connectivity index (χ3v) is 2.58. The fraction of sp³-hybridized carbons (Fsp3) is 0.571. The Labute approximate surface area is 93.9 Å². The van der Waals surface area contributed by atoms with Crippen LogP contribution in [0.25, 0.3) is 0 Å². The lowest BCUT2D eigenvalue weighted by Gasteiger charge is -2.19. The Bertz CT molecular complexity index is 279. The average Bonchev–Trinajstić information content (AvgIpc) is 2.18. The number of nitrogens with one attached hydrogen (secondary N) is 1. The van der Waals surface area contributed by atoms with Crippen LogP contribution < -0.4 is 5.32 Å². The summed E-state index contributed by atoms with van der Waals surface area (Å²) in [5.41, 5.74) is 3.04. The predicted octanol–water partition coefficient (Wildman–Crippen LogP) is 3.48. The molecule has 0 fully saturated rings. The van der Waals surface area contributed by atoms with Crippen molar-refractivity contribution in [2.45, 2.75) is 46.1 Å². The molecular weight excluding hydrogens is 182 g/mol. The summed E-state index contributed by atoms with van der Waals surface area (Å²) in [7, 11) is 0. The van der Waals surface area contributed by atoms with Crippen molar-refractivity contribution in [2.24, 2.45) is 0 Å². The summed E-state index contributed by atoms with van der Waals surface area (Å²) in [5.74, 6) is 0. The smallest absolute Gasteiger partial charge is 0.0205 e. The minimum atomic E-state index is 0.259. The van der Waals surface area contributed by atoms with Crippen LogP contribution in [-0.4, -0.2) is 6.54 Å². The second-order valence-electron chi connectivity index (χ2n) is 5.12. The molecular formula is C14H23N. The normalized spacial score (nSPS) is 11.7. The van der Waals surface area contributed by atoms with Crippen LogP contribution in [-0.2, 0) is 12.0 Å². The second kappa shape index (κ2) is 5.32. The maximum atomic E-state index is 3.41. The maximum absolute atomic E-state index is 3.41. The van der Waals surface area contributed by atoms with Crippen molar-refractivity contribution in [2.75, 3.05) is 6.54 Å². The van der Waals surface area contributed by atoms with E-state index in [2.05, 4.69) is 57.3 Å². The first-order chi connectivity index (χ1) is 7.04. The van der Waals surface area contributed by atoms with Crippen molar-refractivity contribution in [1.29, 1.82) is 0 Å². The van der Waals surface area contributed by atoms with E-state index < -0.39 is 0 Å². The van der Waals surface area contributed by atoms with Crippen LogP contribution in [0.4, 0.5) is 0 Å². The SMILES string of the molecule is CCCNCc1ccc(C(C)(C)C)cc1. The van der Waals surface area contributed by atoms with Crippen LogP contribution >= 0.6 is 0 Å². The highest BCUT2D eigenvalue weighted by Gasteiger charge is 2.12. The molecule has 1 aromatic carbocycles. The van der Waals surface area contributed by atoms with Gasteiger partial charge < -0.3 is 5.32 Å². The Morgan fingerprint density at radius 3 is 2.13 bits per heavy atom. The van der Waals surface area contributed by atoms with Gasteiger partial charge in [0, 0.05) is 6.54 Å². The number of hydrogen-bond donors (Lipinski definition) is 1. The Balaban J connectivity index is 2.57. The van der Waals surface area contributed by atoms with Crippen LogP contribution in [0.15, 0.2) is 24.3 Å². The van der Waals surface area contributed by atoms with E-state index in [1.54, 1.807) is 0 Å². The Morgan fingerprint density at radius 2 is 1.67 bits per heavy atom. The van der Waals surface area contributed by atoms with Gasteiger partial charge in [-0.05, 0) is 29.5 Å². The summed E-state index contributed by atoms with van der Waals surface area (Å²) < 4.78 is 0. The molecule has 0 heterocycles. The largest absolute Gasteiger partial charge is 0.313 e. The summed E-state index contributed by atoms with van der Waals surface area (Å²) in [5, 5.41) is 3.41. The van der Waals surface area contributed by atoms with E-state index >= 15 is 0 Å². The Kier molecular flexibility index (Phi) is 4.34. The lowest BCUT2D eigenvalue weighted by atomic mass is 9.87. The van der Waals surface area contributed by atoms with Gasteiger partial charge in [-0.1, -0.05) is 52.0 Å². The molecule has 0 unspecified atom stereocenters. The van der Waals surface area contributed by atoms with Crippen molar-refractivity contribution >= 4 is 0 Å². The molecule has 0 aliphatic carbocycles. The van der Waals surface area contributed by atoms with Crippen LogP contribution in [0.5, 0.6) is 0 Å². The molecule has 1 aromatic rings. The fourth-order valence-corrected chi connectivity index (χ4v) is 1.53. The summed E-state index contributed by atoms with van der Waals surface area (Å²) in [6, 6.07) is 8.93. The lowest BCUT2D eigenvalue weighted by Crippen LogP contribution is -2.14. The molecule has 1 heteroatoms. The van der Waals surface area contributed by atoms with Gasteiger partial charge in [0.2, 0.25) is 0 Å². The molecule has 15 heavy (non-hydrogen) atoms. The fourth-order valence-electron chi connectivity index (χ4n) is 1.53. The van der Waals surface area contributed by atoms with Crippen LogP contribution in [0.1, 0.15) is 45.2 Å². The zero-order valence-electron chi connectivity index (χ0n) is 10.4. The van der Waals surface area contributed by atoms with Gasteiger partial charge in [-0.15, -0.1) is 0 Å². The summed E-state index contributed by atoms with van der Waals surface area (Å²) in [4.78, 5) is 0. The van der Waals surface area contributed by atoms with Gasteiger partial charge in [-0.2, -0.15) is 0 Å². The van der Waals surface area contributed by atoms with Crippen LogP contribution in [0.2, 0.25) is 0 Å². The third-order valence-electron chi connectivity index (χ3n) is 2.58. The highest BCUT2D eigenvalue weighted by atomic mass is 14.8. The monoisotopic (exact) mass is 205 g/mol. The van der Waals surface area contributed by atoms with Crippen molar-refractivity contribution in [3.8, 4) is 0 Å². The topological polar surface area (TPSA) is 12.0 Å². The molecule has 0 aromatic heterocycles. The van der Waals surface area contributed by atoms with Gasteiger partial charge in [-0.3, -0.25) is 0 Å². The Hall–Kier alpha value is -0.820. The lowest BCUT2D eigenvalue weighted by molar-refractivity contribution is 0.589. The molecule has 0 aliphatic heterocycles. The second-order valence-corrected chi connectivity index (χ2v) is 5.12. The van der Waals surface area contributed by atoms with Gasteiger partial charge in [-0.25, -0.2) is 0 Å². The van der Waals surface area contributed by atoms with Gasteiger partial charge >= 0.3 is 0 Å². The quantitative estimate of drug-likeness (QED) is 0.742. The van der Waals surface area contributed by atoms with Crippen molar-refractivity contribution in [1.82, 2.24) is 5.32 Å². The highest BCUT2D eigenvalue weighted by Crippen LogP contribution is 2.21. The average molecular weight is 205 g/mol. The van der Waals surface area contributed by atoms with E-state index in [1.165, 1.54) is 17.5 Å². The van der Waals surface area contributed by atoms with Gasteiger partial charge in [0.1, 0.15) is 0 Å². The number of rotatable bonds is 4. The van der Waals surface area contributed by atoms with Gasteiger partial charge in [0.25, 0.3) is 0 Å². The van der Waals surface area contributed by atoms with Crippen LogP contribution in [0, 0.1) is 0 Å². The molecule has 0 bridgehead atoms. The standard InChI is InChI=1S/C14H23N/c1-5-10-15-11-12-6-8-13(9-7-12)14(2,3)4/h6-9,15H,5,10-11H2,1-4H3. The predicted molar refractivity (Wildman–Crippen MR) is 67.1 cm³/mol. The van der Waals surface area contributed by atoms with Crippen molar-refractivity contribution in [3.63, 3.8) is 0 Å². The molecule has 0 radical (unpaired) electrons. The minimum Gasteiger partial charge on any atom is -0.313 e. The third kappa shape index (κ3) is 4.05. The number of hydrogen-bond acceptors (Lipinski definition) is 1. The molecule has 0 spiro atoms. The number of benzene rings is 1. The van der Waals surface area contributed by atoms with E-state index in [4.69, 9.17) is 0 Å². The molecule has 0 amide bonds. The summed E-state index contributed by atoms with van der Waals surface area (Å²) in [6.45, 7) is 11.0. The Morgan fingerprint density at radius 1 is 1.07 bits per heavy atom. The molecule has 1 nitrogen and oxygen atoms in total. The molecule has 0 saturated carbocycles. The van der Waals surface area contributed by atoms with E-state index in [9.17, 15) is 0 Å². The van der Waals surface area contributed by atoms with E-state index in [1.807, 2.05) is 0 Å². The molecule has 1 rings (SSSR count). The molecule has 0 aliphatic rings. The molecule has 0 saturated heterocycles. The first kappa shape index (κ1) is 12.3. The highest BCUT2D eigenvalue weighted by molar-refractivity contribution is 5.27. The summed E-state index contributed by atoms with van der Waals surface area (Å²) >= 11 is 0. The van der Waals surface area contributed by atoms with E-state index in [-0.39, 0.29) is 5.41 Å². The van der Waals surface area contributed by atoms with Gasteiger partial charge in [0.05, 0.1) is 0 Å². The molecule has 1 N–H and O–H groups in total. The zero-order valence-corrected chi connectivity index (χ0v) is 10.4. The van der Waals surface area contributed by atoms with Crippen molar-refractivity contribution in [3.05, 3.63) is 35.4 Å². The molecule has 84 valence electrons. The summed E-state index contributed by atoms with van der Waals surface area (Å²) in [6.07, 6.45) is 1.19. The minimum absolute atomic E-state index is 0.259.